The zero-order valence-corrected chi connectivity index (χ0v) is 11.3. The second-order valence-electron chi connectivity index (χ2n) is 4.32. The molecule has 0 fully saturated rings. The Labute approximate surface area is 119 Å². The van der Waals surface area contributed by atoms with E-state index in [1.807, 2.05) is 52.4 Å². The minimum Gasteiger partial charge on any atom is -0.283 e. The fraction of sp³-hybridized carbons (Fsp3) is 0. The third kappa shape index (κ3) is 1.71. The predicted molar refractivity (Wildman–Crippen MR) is 80.0 cm³/mol. The Hall–Kier alpha value is -2.53. The maximum absolute atomic E-state index is 4.50. The predicted octanol–water partition coefficient (Wildman–Crippen LogP) is 3.54. The molecule has 1 aromatic carbocycles. The maximum atomic E-state index is 4.50. The Morgan fingerprint density at radius 3 is 2.60 bits per heavy atom. The number of imidazole rings is 1. The first-order chi connectivity index (χ1) is 9.93. The Morgan fingerprint density at radius 2 is 1.80 bits per heavy atom. The van der Waals surface area contributed by atoms with Crippen molar-refractivity contribution in [3.63, 3.8) is 0 Å². The van der Waals surface area contributed by atoms with Crippen molar-refractivity contribution in [3.8, 4) is 16.3 Å². The summed E-state index contributed by atoms with van der Waals surface area (Å²) in [4.78, 5) is 14.4. The van der Waals surface area contributed by atoms with Gasteiger partial charge in [0.25, 0.3) is 0 Å². The smallest absolute Gasteiger partial charge is 0.168 e. The van der Waals surface area contributed by atoms with E-state index in [-0.39, 0.29) is 0 Å². The molecule has 0 aliphatic carbocycles. The molecular weight excluding hydrogens is 268 g/mol. The Kier molecular flexibility index (Phi) is 2.57. The summed E-state index contributed by atoms with van der Waals surface area (Å²) in [5, 5.41) is 2.04. The van der Waals surface area contributed by atoms with Crippen molar-refractivity contribution in [2.24, 2.45) is 0 Å². The molecule has 0 unspecified atom stereocenters. The van der Waals surface area contributed by atoms with Crippen LogP contribution in [0.3, 0.4) is 0 Å². The number of nitrogens with zero attached hydrogens (tertiary/aromatic N) is 4. The summed E-state index contributed by atoms with van der Waals surface area (Å²) in [5.41, 5.74) is 3.60. The van der Waals surface area contributed by atoms with Crippen LogP contribution in [0.15, 0.2) is 60.5 Å². The Bertz CT molecular complexity index is 850. The molecule has 4 rings (SSSR count). The van der Waals surface area contributed by atoms with E-state index in [2.05, 4.69) is 15.0 Å². The molecule has 3 aromatic heterocycles. The van der Waals surface area contributed by atoms with Crippen molar-refractivity contribution in [2.75, 3.05) is 0 Å². The third-order valence-electron chi connectivity index (χ3n) is 3.12. The average molecular weight is 278 g/mol. The molecule has 4 aromatic rings. The van der Waals surface area contributed by atoms with Crippen molar-refractivity contribution >= 4 is 22.5 Å². The van der Waals surface area contributed by atoms with Crippen LogP contribution in [-0.4, -0.2) is 19.5 Å². The number of thiophene rings is 1. The normalized spacial score (nSPS) is 11.0. The van der Waals surface area contributed by atoms with Crippen LogP contribution in [-0.2, 0) is 0 Å². The SMILES string of the molecule is c1ccc(-n2cnc3c(-c4cccs4)ncnc32)cc1. The molecule has 3 heterocycles. The van der Waals surface area contributed by atoms with Gasteiger partial charge >= 0.3 is 0 Å². The number of aromatic nitrogens is 4. The van der Waals surface area contributed by atoms with Gasteiger partial charge in [-0.2, -0.15) is 0 Å². The van der Waals surface area contributed by atoms with E-state index < -0.39 is 0 Å². The quantitative estimate of drug-likeness (QED) is 0.563. The second-order valence-corrected chi connectivity index (χ2v) is 5.27. The molecule has 0 spiro atoms. The molecular formula is C15H10N4S. The van der Waals surface area contributed by atoms with Crippen molar-refractivity contribution in [3.05, 3.63) is 60.5 Å². The zero-order chi connectivity index (χ0) is 13.4. The minimum atomic E-state index is 0.828. The first-order valence-electron chi connectivity index (χ1n) is 6.21. The summed E-state index contributed by atoms with van der Waals surface area (Å²) >= 11 is 1.66. The molecule has 0 aliphatic heterocycles. The highest BCUT2D eigenvalue weighted by Crippen LogP contribution is 2.28. The molecule has 4 nitrogen and oxygen atoms in total. The summed E-state index contributed by atoms with van der Waals surface area (Å²) in [6.07, 6.45) is 3.39. The third-order valence-corrected chi connectivity index (χ3v) is 4.00. The van der Waals surface area contributed by atoms with Crippen LogP contribution >= 0.6 is 11.3 Å². The van der Waals surface area contributed by atoms with Gasteiger partial charge in [-0.1, -0.05) is 24.3 Å². The van der Waals surface area contributed by atoms with Gasteiger partial charge in [0.05, 0.1) is 4.88 Å². The van der Waals surface area contributed by atoms with Gasteiger partial charge in [-0.15, -0.1) is 11.3 Å². The molecule has 5 heteroatoms. The van der Waals surface area contributed by atoms with E-state index in [4.69, 9.17) is 0 Å². The van der Waals surface area contributed by atoms with Crippen molar-refractivity contribution < 1.29 is 0 Å². The van der Waals surface area contributed by atoms with Crippen LogP contribution in [0.1, 0.15) is 0 Å². The summed E-state index contributed by atoms with van der Waals surface area (Å²) in [7, 11) is 0. The van der Waals surface area contributed by atoms with Crippen LogP contribution in [0.4, 0.5) is 0 Å². The van der Waals surface area contributed by atoms with Crippen LogP contribution in [0, 0.1) is 0 Å². The zero-order valence-electron chi connectivity index (χ0n) is 10.5. The molecule has 20 heavy (non-hydrogen) atoms. The lowest BCUT2D eigenvalue weighted by molar-refractivity contribution is 1.06. The first-order valence-corrected chi connectivity index (χ1v) is 7.09. The van der Waals surface area contributed by atoms with Crippen molar-refractivity contribution in [2.45, 2.75) is 0 Å². The lowest BCUT2D eigenvalue weighted by atomic mass is 10.3. The van der Waals surface area contributed by atoms with Crippen molar-refractivity contribution in [1.29, 1.82) is 0 Å². The van der Waals surface area contributed by atoms with Crippen LogP contribution in [0.5, 0.6) is 0 Å². The van der Waals surface area contributed by atoms with E-state index in [1.165, 1.54) is 0 Å². The molecule has 96 valence electrons. The first kappa shape index (κ1) is 11.3. The second kappa shape index (κ2) is 4.54. The number of hydrogen-bond donors (Lipinski definition) is 0. The monoisotopic (exact) mass is 278 g/mol. The topological polar surface area (TPSA) is 43.6 Å². The summed E-state index contributed by atoms with van der Waals surface area (Å²) in [6.45, 7) is 0. The van der Waals surface area contributed by atoms with Gasteiger partial charge in [-0.25, -0.2) is 15.0 Å². The van der Waals surface area contributed by atoms with E-state index in [0.717, 1.165) is 27.4 Å². The minimum absolute atomic E-state index is 0.828. The van der Waals surface area contributed by atoms with Crippen molar-refractivity contribution in [1.82, 2.24) is 19.5 Å². The number of para-hydroxylation sites is 1. The fourth-order valence-electron chi connectivity index (χ4n) is 2.21. The lowest BCUT2D eigenvalue weighted by Crippen LogP contribution is -1.94. The van der Waals surface area contributed by atoms with Gasteiger partial charge in [-0.05, 0) is 23.6 Å². The largest absolute Gasteiger partial charge is 0.283 e. The molecule has 0 saturated carbocycles. The molecule has 0 saturated heterocycles. The van der Waals surface area contributed by atoms with Gasteiger partial charge in [0.15, 0.2) is 5.65 Å². The summed E-state index contributed by atoms with van der Waals surface area (Å²) in [5.74, 6) is 0. The number of fused-ring (bicyclic) bond motifs is 1. The number of hydrogen-bond acceptors (Lipinski definition) is 4. The molecule has 0 aliphatic rings. The van der Waals surface area contributed by atoms with Gasteiger partial charge in [0.1, 0.15) is 23.9 Å². The standard InChI is InChI=1S/C15H10N4S/c1-2-5-11(6-3-1)19-10-18-14-13(12-7-4-8-20-12)16-9-17-15(14)19/h1-10H. The number of benzene rings is 1. The van der Waals surface area contributed by atoms with E-state index >= 15 is 0 Å². The molecule has 0 atom stereocenters. The van der Waals surface area contributed by atoms with E-state index in [9.17, 15) is 0 Å². The average Bonchev–Trinajstić information content (AvgIpc) is 3.17. The van der Waals surface area contributed by atoms with E-state index in [1.54, 1.807) is 24.0 Å². The van der Waals surface area contributed by atoms with Gasteiger partial charge in [0, 0.05) is 5.69 Å². The highest BCUT2D eigenvalue weighted by atomic mass is 32.1. The van der Waals surface area contributed by atoms with Gasteiger partial charge < -0.3 is 0 Å². The van der Waals surface area contributed by atoms with Crippen LogP contribution < -0.4 is 0 Å². The summed E-state index contributed by atoms with van der Waals surface area (Å²) < 4.78 is 1.98. The maximum Gasteiger partial charge on any atom is 0.168 e. The molecule has 0 radical (unpaired) electrons. The van der Waals surface area contributed by atoms with Gasteiger partial charge in [-0.3, -0.25) is 4.57 Å². The Balaban J connectivity index is 1.97. The highest BCUT2D eigenvalue weighted by molar-refractivity contribution is 7.13. The Morgan fingerprint density at radius 1 is 0.900 bits per heavy atom. The van der Waals surface area contributed by atoms with Crippen LogP contribution in [0.2, 0.25) is 0 Å². The number of rotatable bonds is 2. The molecule has 0 bridgehead atoms. The summed E-state index contributed by atoms with van der Waals surface area (Å²) in [6, 6.07) is 14.1. The lowest BCUT2D eigenvalue weighted by Gasteiger charge is -2.03. The molecule has 0 N–H and O–H groups in total. The highest BCUT2D eigenvalue weighted by Gasteiger charge is 2.12. The fourth-order valence-corrected chi connectivity index (χ4v) is 2.93. The van der Waals surface area contributed by atoms with Gasteiger partial charge in [0.2, 0.25) is 0 Å². The van der Waals surface area contributed by atoms with E-state index in [0.29, 0.717) is 0 Å². The molecule has 0 amide bonds. The van der Waals surface area contributed by atoms with Crippen LogP contribution in [0.25, 0.3) is 27.4 Å².